The molecule has 0 saturated heterocycles. The zero-order valence-corrected chi connectivity index (χ0v) is 12.4. The van der Waals surface area contributed by atoms with Crippen molar-refractivity contribution < 1.29 is 4.39 Å². The maximum atomic E-state index is 14.0. The Kier molecular flexibility index (Phi) is 4.63. The Morgan fingerprint density at radius 2 is 2.00 bits per heavy atom. The van der Waals surface area contributed by atoms with E-state index < -0.39 is 0 Å². The molecule has 0 saturated carbocycles. The lowest BCUT2D eigenvalue weighted by molar-refractivity contribution is 0.573. The number of rotatable bonds is 4. The fourth-order valence-electron chi connectivity index (χ4n) is 2.29. The smallest absolute Gasteiger partial charge is 0.128 e. The predicted octanol–water partition coefficient (Wildman–Crippen LogP) is 3.92. The predicted molar refractivity (Wildman–Crippen MR) is 82.8 cm³/mol. The highest BCUT2D eigenvalue weighted by Crippen LogP contribution is 2.28. The van der Waals surface area contributed by atoms with E-state index in [1.54, 1.807) is 12.1 Å². The minimum atomic E-state index is -0.288. The molecule has 4 heteroatoms. The molecule has 0 amide bonds. The molecule has 2 aromatic rings. The molecule has 0 heterocycles. The number of benzene rings is 2. The van der Waals surface area contributed by atoms with Gasteiger partial charge < -0.3 is 10.6 Å². The van der Waals surface area contributed by atoms with Gasteiger partial charge in [0.25, 0.3) is 0 Å². The summed E-state index contributed by atoms with van der Waals surface area (Å²) in [6.45, 7) is 2.33. The van der Waals surface area contributed by atoms with Crippen LogP contribution in [0.1, 0.15) is 17.2 Å². The van der Waals surface area contributed by atoms with E-state index in [-0.39, 0.29) is 11.9 Å². The quantitative estimate of drug-likeness (QED) is 0.925. The van der Waals surface area contributed by atoms with Crippen molar-refractivity contribution in [1.29, 1.82) is 0 Å². The van der Waals surface area contributed by atoms with E-state index in [2.05, 4.69) is 0 Å². The summed E-state index contributed by atoms with van der Waals surface area (Å²) in [6.07, 6.45) is 0. The van der Waals surface area contributed by atoms with Crippen LogP contribution in [0.3, 0.4) is 0 Å². The number of likely N-dealkylation sites (N-methyl/N-ethyl adjacent to an activating group) is 1. The van der Waals surface area contributed by atoms with Gasteiger partial charge in [-0.2, -0.15) is 0 Å². The van der Waals surface area contributed by atoms with Crippen LogP contribution in [0.5, 0.6) is 0 Å². The van der Waals surface area contributed by atoms with Gasteiger partial charge in [0.05, 0.1) is 6.04 Å². The fourth-order valence-corrected chi connectivity index (χ4v) is 2.47. The van der Waals surface area contributed by atoms with E-state index >= 15 is 0 Å². The maximum absolute atomic E-state index is 14.0. The summed E-state index contributed by atoms with van der Waals surface area (Å²) >= 11 is 5.97. The maximum Gasteiger partial charge on any atom is 0.128 e. The SMILES string of the molecule is Cc1cccc(N(C)C(CN)c2cc(Cl)ccc2F)c1. The van der Waals surface area contributed by atoms with Gasteiger partial charge in [-0.05, 0) is 42.8 Å². The van der Waals surface area contributed by atoms with Crippen LogP contribution in [0.2, 0.25) is 5.02 Å². The Labute approximate surface area is 124 Å². The van der Waals surface area contributed by atoms with Crippen molar-refractivity contribution in [1.82, 2.24) is 0 Å². The second-order valence-electron chi connectivity index (χ2n) is 4.87. The monoisotopic (exact) mass is 292 g/mol. The number of nitrogens with two attached hydrogens (primary N) is 1. The number of aryl methyl sites for hydroxylation is 1. The molecule has 2 rings (SSSR count). The van der Waals surface area contributed by atoms with Gasteiger partial charge in [0.15, 0.2) is 0 Å². The van der Waals surface area contributed by atoms with Crippen molar-refractivity contribution in [3.8, 4) is 0 Å². The molecule has 0 aromatic heterocycles. The van der Waals surface area contributed by atoms with Crippen LogP contribution in [-0.4, -0.2) is 13.6 Å². The van der Waals surface area contributed by atoms with Gasteiger partial charge in [0.1, 0.15) is 5.82 Å². The van der Waals surface area contributed by atoms with Crippen molar-refractivity contribution in [2.24, 2.45) is 5.73 Å². The third-order valence-electron chi connectivity index (χ3n) is 3.42. The average molecular weight is 293 g/mol. The molecule has 0 radical (unpaired) electrons. The number of hydrogen-bond acceptors (Lipinski definition) is 2. The van der Waals surface area contributed by atoms with Crippen LogP contribution in [0.25, 0.3) is 0 Å². The summed E-state index contributed by atoms with van der Waals surface area (Å²) in [5, 5.41) is 0.512. The van der Waals surface area contributed by atoms with E-state index in [9.17, 15) is 4.39 Å². The molecule has 1 unspecified atom stereocenters. The molecule has 0 spiro atoms. The van der Waals surface area contributed by atoms with Crippen LogP contribution in [-0.2, 0) is 0 Å². The van der Waals surface area contributed by atoms with Gasteiger partial charge in [-0.25, -0.2) is 4.39 Å². The Hall–Kier alpha value is -1.58. The lowest BCUT2D eigenvalue weighted by Gasteiger charge is -2.30. The third-order valence-corrected chi connectivity index (χ3v) is 3.65. The van der Waals surface area contributed by atoms with E-state index in [4.69, 9.17) is 17.3 Å². The third kappa shape index (κ3) is 3.11. The highest BCUT2D eigenvalue weighted by molar-refractivity contribution is 6.30. The molecular formula is C16H18ClFN2. The van der Waals surface area contributed by atoms with Crippen molar-refractivity contribution in [2.75, 3.05) is 18.5 Å². The lowest BCUT2D eigenvalue weighted by Crippen LogP contribution is -2.31. The molecule has 2 nitrogen and oxygen atoms in total. The lowest BCUT2D eigenvalue weighted by atomic mass is 10.0. The fraction of sp³-hybridized carbons (Fsp3) is 0.250. The number of anilines is 1. The molecule has 0 aliphatic rings. The molecule has 0 bridgehead atoms. The van der Waals surface area contributed by atoms with Gasteiger partial charge in [0.2, 0.25) is 0 Å². The Bertz CT molecular complexity index is 601. The molecule has 0 aliphatic carbocycles. The van der Waals surface area contributed by atoms with Gasteiger partial charge in [0, 0.05) is 29.9 Å². The van der Waals surface area contributed by atoms with Crippen LogP contribution in [0.4, 0.5) is 10.1 Å². The van der Waals surface area contributed by atoms with Gasteiger partial charge in [-0.1, -0.05) is 23.7 Å². The van der Waals surface area contributed by atoms with Gasteiger partial charge in [-0.3, -0.25) is 0 Å². The second-order valence-corrected chi connectivity index (χ2v) is 5.30. The van der Waals surface area contributed by atoms with E-state index in [1.807, 2.05) is 43.1 Å². The summed E-state index contributed by atoms with van der Waals surface area (Å²) in [6, 6.07) is 12.3. The Morgan fingerprint density at radius 3 is 2.65 bits per heavy atom. The first-order valence-corrected chi connectivity index (χ1v) is 6.85. The minimum absolute atomic E-state index is 0.254. The normalized spacial score (nSPS) is 12.2. The van der Waals surface area contributed by atoms with Gasteiger partial charge in [-0.15, -0.1) is 0 Å². The summed E-state index contributed by atoms with van der Waals surface area (Å²) in [5.41, 5.74) is 8.52. The minimum Gasteiger partial charge on any atom is -0.366 e. The van der Waals surface area contributed by atoms with Crippen LogP contribution < -0.4 is 10.6 Å². The standard InChI is InChI=1S/C16H18ClFN2/c1-11-4-3-5-13(8-11)20(2)16(10-19)14-9-12(17)6-7-15(14)18/h3-9,16H,10,19H2,1-2H3. The molecule has 106 valence electrons. The highest BCUT2D eigenvalue weighted by atomic mass is 35.5. The molecule has 2 N–H and O–H groups in total. The van der Waals surface area contributed by atoms with Gasteiger partial charge >= 0.3 is 0 Å². The van der Waals surface area contributed by atoms with Crippen molar-refractivity contribution in [3.63, 3.8) is 0 Å². The molecule has 20 heavy (non-hydrogen) atoms. The van der Waals surface area contributed by atoms with E-state index in [0.717, 1.165) is 11.3 Å². The molecule has 2 aromatic carbocycles. The number of halogens is 2. The first-order valence-electron chi connectivity index (χ1n) is 6.47. The number of nitrogens with zero attached hydrogens (tertiary/aromatic N) is 1. The van der Waals surface area contributed by atoms with E-state index in [0.29, 0.717) is 17.1 Å². The molecule has 0 fully saturated rings. The van der Waals surface area contributed by atoms with Crippen LogP contribution in [0.15, 0.2) is 42.5 Å². The first kappa shape index (κ1) is 14.8. The van der Waals surface area contributed by atoms with Crippen molar-refractivity contribution in [2.45, 2.75) is 13.0 Å². The highest BCUT2D eigenvalue weighted by Gasteiger charge is 2.20. The largest absolute Gasteiger partial charge is 0.366 e. The topological polar surface area (TPSA) is 29.3 Å². The van der Waals surface area contributed by atoms with Crippen LogP contribution >= 0.6 is 11.6 Å². The average Bonchev–Trinajstić information content (AvgIpc) is 2.43. The van der Waals surface area contributed by atoms with Crippen molar-refractivity contribution >= 4 is 17.3 Å². The summed E-state index contributed by atoms with van der Waals surface area (Å²) < 4.78 is 14.0. The molecule has 1 atom stereocenters. The molecular weight excluding hydrogens is 275 g/mol. The summed E-state index contributed by atoms with van der Waals surface area (Å²) in [5.74, 6) is -0.288. The molecule has 0 aliphatic heterocycles. The Balaban J connectivity index is 2.39. The zero-order chi connectivity index (χ0) is 14.7. The second kappa shape index (κ2) is 6.25. The Morgan fingerprint density at radius 1 is 1.25 bits per heavy atom. The van der Waals surface area contributed by atoms with Crippen molar-refractivity contribution in [3.05, 3.63) is 64.4 Å². The summed E-state index contributed by atoms with van der Waals surface area (Å²) in [4.78, 5) is 1.97. The van der Waals surface area contributed by atoms with Crippen LogP contribution in [0, 0.1) is 12.7 Å². The number of hydrogen-bond donors (Lipinski definition) is 1. The van der Waals surface area contributed by atoms with E-state index in [1.165, 1.54) is 6.07 Å². The zero-order valence-electron chi connectivity index (χ0n) is 11.6. The summed E-state index contributed by atoms with van der Waals surface area (Å²) in [7, 11) is 1.91. The first-order chi connectivity index (χ1) is 9.52.